The Hall–Kier alpha value is -3.44. The van der Waals surface area contributed by atoms with Crippen molar-refractivity contribution in [3.8, 4) is 5.88 Å². The molecule has 1 aliphatic rings. The van der Waals surface area contributed by atoms with E-state index in [4.69, 9.17) is 16.3 Å². The number of carbonyl (C=O) groups is 3. The van der Waals surface area contributed by atoms with E-state index < -0.39 is 22.0 Å². The fourth-order valence-electron chi connectivity index (χ4n) is 2.80. The zero-order valence-electron chi connectivity index (χ0n) is 16.7. The first kappa shape index (κ1) is 23.2. The molecule has 1 fully saturated rings. The summed E-state index contributed by atoms with van der Waals surface area (Å²) in [7, 11) is 0. The van der Waals surface area contributed by atoms with Gasteiger partial charge in [-0.2, -0.15) is 0 Å². The Kier molecular flexibility index (Phi) is 7.44. The van der Waals surface area contributed by atoms with Crippen molar-refractivity contribution in [2.75, 3.05) is 19.7 Å². The van der Waals surface area contributed by atoms with Crippen LogP contribution in [0.15, 0.2) is 41.4 Å². The summed E-state index contributed by atoms with van der Waals surface area (Å²) in [6.45, 7) is 2.10. The van der Waals surface area contributed by atoms with E-state index >= 15 is 0 Å². The van der Waals surface area contributed by atoms with Gasteiger partial charge in [0, 0.05) is 25.4 Å². The number of amides is 3. The molecule has 10 nitrogen and oxygen atoms in total. The highest BCUT2D eigenvalue weighted by Gasteiger charge is 2.34. The van der Waals surface area contributed by atoms with Crippen molar-refractivity contribution < 1.29 is 24.0 Å². The fourth-order valence-corrected chi connectivity index (χ4v) is 3.85. The van der Waals surface area contributed by atoms with Crippen molar-refractivity contribution in [3.05, 3.63) is 67.7 Å². The lowest BCUT2D eigenvalue weighted by atomic mass is 10.2. The summed E-state index contributed by atoms with van der Waals surface area (Å²) in [6.07, 6.45) is 2.89. The minimum atomic E-state index is -0.632. The number of hydrogen-bond acceptors (Lipinski definition) is 8. The van der Waals surface area contributed by atoms with E-state index in [1.54, 1.807) is 19.1 Å². The quantitative estimate of drug-likeness (QED) is 0.348. The molecule has 3 rings (SSSR count). The monoisotopic (exact) mass is 476 g/mol. The van der Waals surface area contributed by atoms with Crippen LogP contribution in [0, 0.1) is 10.1 Å². The maximum atomic E-state index is 12.6. The van der Waals surface area contributed by atoms with E-state index in [1.807, 2.05) is 0 Å². The van der Waals surface area contributed by atoms with Crippen LogP contribution in [-0.2, 0) is 4.79 Å². The van der Waals surface area contributed by atoms with Gasteiger partial charge in [0.05, 0.1) is 16.4 Å². The number of nitro benzene ring substituents is 1. The van der Waals surface area contributed by atoms with Crippen LogP contribution in [0.4, 0.5) is 10.5 Å². The summed E-state index contributed by atoms with van der Waals surface area (Å²) < 4.78 is 5.32. The minimum absolute atomic E-state index is 0.0248. The molecule has 0 atom stereocenters. The number of thioether (sulfide) groups is 1. The van der Waals surface area contributed by atoms with E-state index in [-0.39, 0.29) is 40.1 Å². The standard InChI is InChI=1S/C20H17ClN4O6S/c1-2-31-18-13(4-3-7-23-18)17(26)22-8-9-24-19(27)16(32-20(24)28)11-12-5-6-14(21)15(10-12)25(29)30/h3-7,10-11H,2,8-9H2,1H3,(H,22,26)/b16-11-. The smallest absolute Gasteiger partial charge is 0.293 e. The fraction of sp³-hybridized carbons (Fsp3) is 0.200. The maximum absolute atomic E-state index is 12.6. The van der Waals surface area contributed by atoms with Crippen molar-refractivity contribution in [2.45, 2.75) is 6.92 Å². The first-order valence-corrected chi connectivity index (χ1v) is 10.6. The van der Waals surface area contributed by atoms with Crippen LogP contribution in [0.3, 0.4) is 0 Å². The number of pyridine rings is 1. The zero-order valence-corrected chi connectivity index (χ0v) is 18.3. The second-order valence-corrected chi connectivity index (χ2v) is 7.75. The molecular weight excluding hydrogens is 460 g/mol. The molecule has 0 spiro atoms. The number of aromatic nitrogens is 1. The van der Waals surface area contributed by atoms with E-state index in [2.05, 4.69) is 10.3 Å². The van der Waals surface area contributed by atoms with Crippen LogP contribution in [-0.4, -0.2) is 51.6 Å². The molecule has 2 heterocycles. The molecule has 0 bridgehead atoms. The van der Waals surface area contributed by atoms with Gasteiger partial charge in [-0.15, -0.1) is 0 Å². The molecule has 3 amide bonds. The average Bonchev–Trinajstić information content (AvgIpc) is 3.02. The van der Waals surface area contributed by atoms with Gasteiger partial charge in [0.2, 0.25) is 5.88 Å². The highest BCUT2D eigenvalue weighted by molar-refractivity contribution is 8.18. The Balaban J connectivity index is 1.65. The van der Waals surface area contributed by atoms with Crippen LogP contribution in [0.1, 0.15) is 22.8 Å². The van der Waals surface area contributed by atoms with Gasteiger partial charge in [0.15, 0.2) is 0 Å². The van der Waals surface area contributed by atoms with Gasteiger partial charge >= 0.3 is 0 Å². The maximum Gasteiger partial charge on any atom is 0.293 e. The average molecular weight is 477 g/mol. The number of nitrogens with one attached hydrogen (secondary N) is 1. The van der Waals surface area contributed by atoms with Crippen molar-refractivity contribution in [1.82, 2.24) is 15.2 Å². The molecule has 0 aliphatic carbocycles. The third-order valence-corrected chi connectivity index (χ3v) is 5.48. The molecule has 1 N–H and O–H groups in total. The first-order chi connectivity index (χ1) is 15.3. The number of carbonyl (C=O) groups excluding carboxylic acids is 3. The number of nitrogens with zero attached hydrogens (tertiary/aromatic N) is 3. The van der Waals surface area contributed by atoms with E-state index in [1.165, 1.54) is 30.5 Å². The number of benzene rings is 1. The lowest BCUT2D eigenvalue weighted by Crippen LogP contribution is -2.37. The molecule has 1 aromatic heterocycles. The Morgan fingerprint density at radius 2 is 2.16 bits per heavy atom. The van der Waals surface area contributed by atoms with Crippen LogP contribution in [0.25, 0.3) is 6.08 Å². The van der Waals surface area contributed by atoms with Crippen molar-refractivity contribution in [2.24, 2.45) is 0 Å². The molecule has 166 valence electrons. The molecule has 2 aromatic rings. The molecular formula is C20H17ClN4O6S. The topological polar surface area (TPSA) is 132 Å². The Morgan fingerprint density at radius 3 is 2.88 bits per heavy atom. The third-order valence-electron chi connectivity index (χ3n) is 4.26. The lowest BCUT2D eigenvalue weighted by molar-refractivity contribution is -0.384. The summed E-state index contributed by atoms with van der Waals surface area (Å²) in [6, 6.07) is 7.23. The van der Waals surface area contributed by atoms with E-state index in [0.29, 0.717) is 23.9 Å². The van der Waals surface area contributed by atoms with E-state index in [0.717, 1.165) is 4.90 Å². The van der Waals surface area contributed by atoms with Gasteiger partial charge in [-0.25, -0.2) is 4.98 Å². The summed E-state index contributed by atoms with van der Waals surface area (Å²) in [5.41, 5.74) is 0.303. The number of halogens is 1. The van der Waals surface area contributed by atoms with Gasteiger partial charge in [0.25, 0.3) is 22.7 Å². The Morgan fingerprint density at radius 1 is 1.38 bits per heavy atom. The summed E-state index contributed by atoms with van der Waals surface area (Å²) in [5, 5.41) is 13.1. The normalized spacial score (nSPS) is 14.7. The Bertz CT molecular complexity index is 1120. The highest BCUT2D eigenvalue weighted by Crippen LogP contribution is 2.33. The summed E-state index contributed by atoms with van der Waals surface area (Å²) in [5.74, 6) is -0.806. The number of nitro groups is 1. The minimum Gasteiger partial charge on any atom is -0.477 e. The van der Waals surface area contributed by atoms with Gasteiger partial charge in [0.1, 0.15) is 10.6 Å². The van der Waals surface area contributed by atoms with Gasteiger partial charge in [-0.1, -0.05) is 17.7 Å². The molecule has 1 aromatic carbocycles. The summed E-state index contributed by atoms with van der Waals surface area (Å²) >= 11 is 6.51. The van der Waals surface area contributed by atoms with Crippen LogP contribution >= 0.6 is 23.4 Å². The van der Waals surface area contributed by atoms with Crippen molar-refractivity contribution >= 4 is 52.2 Å². The van der Waals surface area contributed by atoms with Crippen LogP contribution in [0.2, 0.25) is 5.02 Å². The molecule has 32 heavy (non-hydrogen) atoms. The molecule has 0 radical (unpaired) electrons. The number of ether oxygens (including phenoxy) is 1. The summed E-state index contributed by atoms with van der Waals surface area (Å²) in [4.78, 5) is 52.8. The van der Waals surface area contributed by atoms with Crippen LogP contribution < -0.4 is 10.1 Å². The third kappa shape index (κ3) is 5.24. The predicted molar refractivity (Wildman–Crippen MR) is 119 cm³/mol. The van der Waals surface area contributed by atoms with E-state index in [9.17, 15) is 24.5 Å². The first-order valence-electron chi connectivity index (χ1n) is 9.37. The highest BCUT2D eigenvalue weighted by atomic mass is 35.5. The lowest BCUT2D eigenvalue weighted by Gasteiger charge is -2.13. The largest absolute Gasteiger partial charge is 0.477 e. The second-order valence-electron chi connectivity index (χ2n) is 6.35. The van der Waals surface area contributed by atoms with Crippen LogP contribution in [0.5, 0.6) is 5.88 Å². The van der Waals surface area contributed by atoms with Gasteiger partial charge in [-0.05, 0) is 48.5 Å². The molecule has 12 heteroatoms. The van der Waals surface area contributed by atoms with Crippen molar-refractivity contribution in [1.29, 1.82) is 0 Å². The zero-order chi connectivity index (χ0) is 23.3. The SMILES string of the molecule is CCOc1ncccc1C(=O)NCCN1C(=O)S/C(=C\c2ccc(Cl)c([N+](=O)[O-])c2)C1=O. The molecule has 0 saturated carbocycles. The molecule has 0 unspecified atom stereocenters. The molecule has 1 aliphatic heterocycles. The predicted octanol–water partition coefficient (Wildman–Crippen LogP) is 3.51. The van der Waals surface area contributed by atoms with Gasteiger partial charge in [-0.3, -0.25) is 29.4 Å². The number of rotatable bonds is 8. The second kappa shape index (κ2) is 10.2. The molecule has 1 saturated heterocycles. The van der Waals surface area contributed by atoms with Crippen molar-refractivity contribution in [3.63, 3.8) is 0 Å². The Labute approximate surface area is 191 Å². The number of imide groups is 1. The van der Waals surface area contributed by atoms with Gasteiger partial charge < -0.3 is 10.1 Å². The number of hydrogen-bond donors (Lipinski definition) is 1.